The van der Waals surface area contributed by atoms with E-state index in [4.69, 9.17) is 10.8 Å². The van der Waals surface area contributed by atoms with Crippen molar-refractivity contribution in [3.05, 3.63) is 0 Å². The number of carboxylic acids is 1. The Hall–Kier alpha value is -1.96. The standard InChI is InChI=1S/C9H15N3O5/c10-5-7(14)12-6(1-2-8(15)16)9(17)11-3-4-13/h4,6H,1-3,5,10H2,(H,11,17)(H,12,14)(H,15,16). The molecule has 0 bridgehead atoms. The first-order valence-electron chi connectivity index (χ1n) is 4.93. The van der Waals surface area contributed by atoms with Crippen molar-refractivity contribution in [2.45, 2.75) is 18.9 Å². The van der Waals surface area contributed by atoms with Crippen LogP contribution < -0.4 is 16.4 Å². The van der Waals surface area contributed by atoms with Crippen LogP contribution in [0.15, 0.2) is 0 Å². The summed E-state index contributed by atoms with van der Waals surface area (Å²) in [6.45, 7) is -0.495. The summed E-state index contributed by atoms with van der Waals surface area (Å²) >= 11 is 0. The summed E-state index contributed by atoms with van der Waals surface area (Å²) in [6.07, 6.45) is 0.146. The van der Waals surface area contributed by atoms with Gasteiger partial charge in [-0.2, -0.15) is 0 Å². The van der Waals surface area contributed by atoms with Crippen molar-refractivity contribution >= 4 is 24.1 Å². The number of nitrogens with one attached hydrogen (secondary N) is 2. The van der Waals surface area contributed by atoms with Crippen LogP contribution in [0.5, 0.6) is 0 Å². The summed E-state index contributed by atoms with van der Waals surface area (Å²) in [6, 6.07) is -0.998. The first-order valence-corrected chi connectivity index (χ1v) is 4.93. The Balaban J connectivity index is 4.36. The molecule has 0 saturated carbocycles. The first-order chi connectivity index (χ1) is 8.01. The molecule has 0 saturated heterocycles. The molecule has 0 aromatic carbocycles. The molecule has 0 aromatic rings. The number of rotatable bonds is 8. The highest BCUT2D eigenvalue weighted by molar-refractivity contribution is 5.89. The third-order valence-electron chi connectivity index (χ3n) is 1.84. The molecular weight excluding hydrogens is 230 g/mol. The predicted molar refractivity (Wildman–Crippen MR) is 56.9 cm³/mol. The van der Waals surface area contributed by atoms with E-state index in [1.54, 1.807) is 0 Å². The Labute approximate surface area is 97.5 Å². The van der Waals surface area contributed by atoms with Gasteiger partial charge in [-0.25, -0.2) is 0 Å². The highest BCUT2D eigenvalue weighted by Gasteiger charge is 2.20. The molecule has 17 heavy (non-hydrogen) atoms. The number of carbonyl (C=O) groups excluding carboxylic acids is 3. The Kier molecular flexibility index (Phi) is 7.27. The molecule has 0 heterocycles. The molecule has 5 N–H and O–H groups in total. The van der Waals surface area contributed by atoms with Gasteiger partial charge in [-0.1, -0.05) is 0 Å². The largest absolute Gasteiger partial charge is 0.481 e. The van der Waals surface area contributed by atoms with Gasteiger partial charge in [-0.15, -0.1) is 0 Å². The van der Waals surface area contributed by atoms with Crippen LogP contribution in [-0.2, 0) is 19.2 Å². The van der Waals surface area contributed by atoms with Crippen molar-refractivity contribution in [1.29, 1.82) is 0 Å². The SMILES string of the molecule is NCC(=O)NC(CCC(=O)O)C(=O)NCC=O. The maximum atomic E-state index is 11.4. The van der Waals surface area contributed by atoms with E-state index in [1.165, 1.54) is 0 Å². The van der Waals surface area contributed by atoms with Gasteiger partial charge in [0.2, 0.25) is 11.8 Å². The summed E-state index contributed by atoms with van der Waals surface area (Å²) in [5, 5.41) is 13.0. The highest BCUT2D eigenvalue weighted by Crippen LogP contribution is 1.98. The van der Waals surface area contributed by atoms with Crippen molar-refractivity contribution in [2.75, 3.05) is 13.1 Å². The summed E-state index contributed by atoms with van der Waals surface area (Å²) < 4.78 is 0. The molecule has 0 aliphatic carbocycles. The molecule has 0 radical (unpaired) electrons. The Morgan fingerprint density at radius 1 is 1.35 bits per heavy atom. The number of carbonyl (C=O) groups is 4. The van der Waals surface area contributed by atoms with E-state index >= 15 is 0 Å². The average Bonchev–Trinajstić information content (AvgIpc) is 2.30. The molecule has 8 nitrogen and oxygen atoms in total. The summed E-state index contributed by atoms with van der Waals surface area (Å²) in [5.41, 5.74) is 5.06. The fourth-order valence-corrected chi connectivity index (χ4v) is 1.06. The van der Waals surface area contributed by atoms with Crippen LogP contribution in [0.3, 0.4) is 0 Å². The smallest absolute Gasteiger partial charge is 0.303 e. The lowest BCUT2D eigenvalue weighted by Crippen LogP contribution is -2.48. The van der Waals surface area contributed by atoms with Gasteiger partial charge >= 0.3 is 5.97 Å². The van der Waals surface area contributed by atoms with E-state index < -0.39 is 23.8 Å². The number of carboxylic acid groups (broad SMARTS) is 1. The van der Waals surface area contributed by atoms with Gasteiger partial charge in [0.25, 0.3) is 0 Å². The van der Waals surface area contributed by atoms with E-state index in [0.717, 1.165) is 0 Å². The fourth-order valence-electron chi connectivity index (χ4n) is 1.06. The molecule has 0 rings (SSSR count). The van der Waals surface area contributed by atoms with Gasteiger partial charge < -0.3 is 26.3 Å². The third kappa shape index (κ3) is 7.01. The van der Waals surface area contributed by atoms with E-state index in [9.17, 15) is 19.2 Å². The molecule has 0 aliphatic rings. The van der Waals surface area contributed by atoms with Crippen LogP contribution in [-0.4, -0.2) is 48.3 Å². The van der Waals surface area contributed by atoms with Crippen LogP contribution >= 0.6 is 0 Å². The number of aldehydes is 1. The minimum atomic E-state index is -1.08. The topological polar surface area (TPSA) is 139 Å². The van der Waals surface area contributed by atoms with Crippen LogP contribution in [0.1, 0.15) is 12.8 Å². The van der Waals surface area contributed by atoms with E-state index in [0.29, 0.717) is 6.29 Å². The van der Waals surface area contributed by atoms with Crippen LogP contribution in [0.4, 0.5) is 0 Å². The molecule has 96 valence electrons. The Morgan fingerprint density at radius 2 is 2.00 bits per heavy atom. The highest BCUT2D eigenvalue weighted by atomic mass is 16.4. The second kappa shape index (κ2) is 8.22. The quantitative estimate of drug-likeness (QED) is 0.352. The lowest BCUT2D eigenvalue weighted by Gasteiger charge is -2.16. The molecule has 8 heteroatoms. The Morgan fingerprint density at radius 3 is 2.47 bits per heavy atom. The minimum Gasteiger partial charge on any atom is -0.481 e. The molecule has 2 amide bonds. The fraction of sp³-hybridized carbons (Fsp3) is 0.556. The van der Waals surface area contributed by atoms with Crippen molar-refractivity contribution in [3.63, 3.8) is 0 Å². The Bertz CT molecular complexity index is 305. The van der Waals surface area contributed by atoms with Crippen molar-refractivity contribution in [3.8, 4) is 0 Å². The molecule has 0 fully saturated rings. The van der Waals surface area contributed by atoms with Gasteiger partial charge in [0.15, 0.2) is 0 Å². The molecule has 1 atom stereocenters. The molecule has 0 spiro atoms. The number of hydrogen-bond donors (Lipinski definition) is 4. The van der Waals surface area contributed by atoms with Gasteiger partial charge in [-0.3, -0.25) is 14.4 Å². The summed E-state index contributed by atoms with van der Waals surface area (Å²) in [7, 11) is 0. The monoisotopic (exact) mass is 245 g/mol. The third-order valence-corrected chi connectivity index (χ3v) is 1.84. The molecule has 0 aliphatic heterocycles. The molecule has 0 aromatic heterocycles. The zero-order valence-corrected chi connectivity index (χ0v) is 9.14. The van der Waals surface area contributed by atoms with E-state index in [2.05, 4.69) is 10.6 Å². The summed E-state index contributed by atoms with van der Waals surface area (Å²) in [4.78, 5) is 42.9. The van der Waals surface area contributed by atoms with Crippen molar-refractivity contribution in [2.24, 2.45) is 5.73 Å². The van der Waals surface area contributed by atoms with E-state index in [1.807, 2.05) is 0 Å². The second-order valence-corrected chi connectivity index (χ2v) is 3.17. The number of hydrogen-bond acceptors (Lipinski definition) is 5. The van der Waals surface area contributed by atoms with Gasteiger partial charge in [0.1, 0.15) is 12.3 Å². The molecule has 1 unspecified atom stereocenters. The van der Waals surface area contributed by atoms with Gasteiger partial charge in [-0.05, 0) is 6.42 Å². The number of amides is 2. The number of nitrogens with two attached hydrogens (primary N) is 1. The summed E-state index contributed by atoms with van der Waals surface area (Å²) in [5.74, 6) is -2.26. The normalized spacial score (nSPS) is 11.4. The van der Waals surface area contributed by atoms with Crippen molar-refractivity contribution < 1.29 is 24.3 Å². The molecular formula is C9H15N3O5. The van der Waals surface area contributed by atoms with E-state index in [-0.39, 0.29) is 25.9 Å². The first kappa shape index (κ1) is 15.0. The average molecular weight is 245 g/mol. The zero-order chi connectivity index (χ0) is 13.3. The minimum absolute atomic E-state index is 0.0637. The maximum Gasteiger partial charge on any atom is 0.303 e. The number of aliphatic carboxylic acids is 1. The van der Waals surface area contributed by atoms with Crippen LogP contribution in [0, 0.1) is 0 Å². The van der Waals surface area contributed by atoms with Gasteiger partial charge in [0, 0.05) is 6.42 Å². The second-order valence-electron chi connectivity index (χ2n) is 3.17. The lowest BCUT2D eigenvalue weighted by atomic mass is 10.1. The van der Waals surface area contributed by atoms with Crippen molar-refractivity contribution in [1.82, 2.24) is 10.6 Å². The van der Waals surface area contributed by atoms with Crippen LogP contribution in [0.2, 0.25) is 0 Å². The lowest BCUT2D eigenvalue weighted by molar-refractivity contribution is -0.138. The van der Waals surface area contributed by atoms with Gasteiger partial charge in [0.05, 0.1) is 13.1 Å². The predicted octanol–water partition coefficient (Wildman–Crippen LogP) is -2.39. The maximum absolute atomic E-state index is 11.4. The zero-order valence-electron chi connectivity index (χ0n) is 9.14. The van der Waals surface area contributed by atoms with Crippen LogP contribution in [0.25, 0.3) is 0 Å².